The first kappa shape index (κ1) is 13.2. The number of nitrogens with zero attached hydrogens (tertiary/aromatic N) is 2. The smallest absolute Gasteiger partial charge is 0.266 e. The van der Waals surface area contributed by atoms with Gasteiger partial charge >= 0.3 is 0 Å². The quantitative estimate of drug-likeness (QED) is 0.647. The molecule has 0 atom stereocenters. The molecule has 2 N–H and O–H groups in total. The SMILES string of the molecule is N#Cc1ccc(N2C(=O)c3ccc(N)cc3C2=O)c(Cl)c1. The molecule has 6 heteroatoms. The van der Waals surface area contributed by atoms with Gasteiger partial charge in [0.2, 0.25) is 0 Å². The van der Waals surface area contributed by atoms with Crippen molar-refractivity contribution in [3.05, 3.63) is 58.1 Å². The van der Waals surface area contributed by atoms with Crippen molar-refractivity contribution in [2.75, 3.05) is 10.6 Å². The third-order valence-corrected chi connectivity index (χ3v) is 3.53. The second kappa shape index (κ2) is 4.62. The number of nitrogens with two attached hydrogens (primary N) is 1. The van der Waals surface area contributed by atoms with Crippen molar-refractivity contribution < 1.29 is 9.59 Å². The van der Waals surface area contributed by atoms with Gasteiger partial charge in [-0.3, -0.25) is 9.59 Å². The van der Waals surface area contributed by atoms with Gasteiger partial charge in [-0.1, -0.05) is 11.6 Å². The maximum absolute atomic E-state index is 12.4. The van der Waals surface area contributed by atoms with Gasteiger partial charge in [0.05, 0.1) is 33.5 Å². The Labute approximate surface area is 125 Å². The van der Waals surface area contributed by atoms with Crippen molar-refractivity contribution in [3.63, 3.8) is 0 Å². The molecule has 0 fully saturated rings. The molecule has 3 rings (SSSR count). The van der Waals surface area contributed by atoms with Crippen LogP contribution in [-0.2, 0) is 0 Å². The second-order valence-corrected chi connectivity index (χ2v) is 4.94. The molecule has 0 saturated carbocycles. The Morgan fingerprint density at radius 2 is 1.76 bits per heavy atom. The molecule has 1 aliphatic heterocycles. The normalized spacial score (nSPS) is 13.2. The van der Waals surface area contributed by atoms with Gasteiger partial charge in [0.15, 0.2) is 0 Å². The first-order valence-electron chi connectivity index (χ1n) is 6.01. The van der Waals surface area contributed by atoms with Crippen LogP contribution in [0, 0.1) is 11.3 Å². The van der Waals surface area contributed by atoms with Gasteiger partial charge in [-0.05, 0) is 36.4 Å². The molecule has 2 aromatic carbocycles. The van der Waals surface area contributed by atoms with Crippen LogP contribution in [-0.4, -0.2) is 11.8 Å². The van der Waals surface area contributed by atoms with Gasteiger partial charge in [-0.15, -0.1) is 0 Å². The first-order chi connectivity index (χ1) is 10.0. The zero-order valence-corrected chi connectivity index (χ0v) is 11.4. The summed E-state index contributed by atoms with van der Waals surface area (Å²) < 4.78 is 0. The fourth-order valence-corrected chi connectivity index (χ4v) is 2.50. The number of hydrogen-bond donors (Lipinski definition) is 1. The summed E-state index contributed by atoms with van der Waals surface area (Å²) in [5, 5.41) is 8.99. The molecule has 0 bridgehead atoms. The molecule has 0 aliphatic carbocycles. The van der Waals surface area contributed by atoms with Gasteiger partial charge in [0.25, 0.3) is 11.8 Å². The minimum absolute atomic E-state index is 0.163. The summed E-state index contributed by atoms with van der Waals surface area (Å²) in [5.41, 5.74) is 7.19. The molecule has 0 aromatic heterocycles. The third kappa shape index (κ3) is 1.93. The topological polar surface area (TPSA) is 87.2 Å². The molecule has 21 heavy (non-hydrogen) atoms. The van der Waals surface area contributed by atoms with E-state index in [1.54, 1.807) is 6.07 Å². The summed E-state index contributed by atoms with van der Waals surface area (Å²) >= 11 is 6.07. The molecule has 102 valence electrons. The van der Waals surface area contributed by atoms with Crippen molar-refractivity contribution in [3.8, 4) is 6.07 Å². The lowest BCUT2D eigenvalue weighted by Crippen LogP contribution is -2.29. The number of halogens is 1. The molecule has 0 saturated heterocycles. The van der Waals surface area contributed by atoms with E-state index >= 15 is 0 Å². The van der Waals surface area contributed by atoms with E-state index in [0.29, 0.717) is 11.3 Å². The average molecular weight is 298 g/mol. The predicted octanol–water partition coefficient (Wildman–Crippen LogP) is 2.59. The number of nitrogen functional groups attached to an aromatic ring is 1. The van der Waals surface area contributed by atoms with Gasteiger partial charge < -0.3 is 5.73 Å². The summed E-state index contributed by atoms with van der Waals surface area (Å²) in [7, 11) is 0. The van der Waals surface area contributed by atoms with E-state index in [2.05, 4.69) is 0 Å². The van der Waals surface area contributed by atoms with Crippen LogP contribution in [0.3, 0.4) is 0 Å². The number of carbonyl (C=O) groups excluding carboxylic acids is 2. The minimum Gasteiger partial charge on any atom is -0.399 e. The Morgan fingerprint density at radius 3 is 2.43 bits per heavy atom. The van der Waals surface area contributed by atoms with Crippen LogP contribution >= 0.6 is 11.6 Å². The van der Waals surface area contributed by atoms with Crippen molar-refractivity contribution in [1.82, 2.24) is 0 Å². The fourth-order valence-electron chi connectivity index (χ4n) is 2.24. The van der Waals surface area contributed by atoms with Gasteiger partial charge in [0, 0.05) is 5.69 Å². The molecular formula is C15H8ClN3O2. The summed E-state index contributed by atoms with van der Waals surface area (Å²) in [4.78, 5) is 25.8. The van der Waals surface area contributed by atoms with Crippen LogP contribution in [0.5, 0.6) is 0 Å². The molecule has 1 heterocycles. The van der Waals surface area contributed by atoms with E-state index in [1.807, 2.05) is 6.07 Å². The lowest BCUT2D eigenvalue weighted by Gasteiger charge is -2.15. The molecule has 2 aromatic rings. The Balaban J connectivity index is 2.12. The number of rotatable bonds is 1. The maximum atomic E-state index is 12.4. The summed E-state index contributed by atoms with van der Waals surface area (Å²) in [6, 6.07) is 10.9. The Bertz CT molecular complexity index is 839. The fraction of sp³-hybridized carbons (Fsp3) is 0. The number of fused-ring (bicyclic) bond motifs is 1. The molecule has 0 unspecified atom stereocenters. The minimum atomic E-state index is -0.478. The van der Waals surface area contributed by atoms with Crippen LogP contribution in [0.1, 0.15) is 26.3 Å². The van der Waals surface area contributed by atoms with Crippen LogP contribution in [0.2, 0.25) is 5.02 Å². The zero-order valence-electron chi connectivity index (χ0n) is 10.6. The molecule has 2 amide bonds. The number of anilines is 2. The summed E-state index contributed by atoms with van der Waals surface area (Å²) in [6.45, 7) is 0. The monoisotopic (exact) mass is 297 g/mol. The third-order valence-electron chi connectivity index (χ3n) is 3.23. The van der Waals surface area contributed by atoms with E-state index in [-0.39, 0.29) is 21.8 Å². The average Bonchev–Trinajstić information content (AvgIpc) is 2.71. The van der Waals surface area contributed by atoms with Gasteiger partial charge in [-0.25, -0.2) is 4.90 Å². The molecule has 1 aliphatic rings. The molecular weight excluding hydrogens is 290 g/mol. The number of nitriles is 1. The highest BCUT2D eigenvalue weighted by molar-refractivity contribution is 6.39. The van der Waals surface area contributed by atoms with Crippen molar-refractivity contribution in [2.45, 2.75) is 0 Å². The van der Waals surface area contributed by atoms with Gasteiger partial charge in [0.1, 0.15) is 0 Å². The number of imide groups is 1. The van der Waals surface area contributed by atoms with E-state index < -0.39 is 11.8 Å². The molecule has 0 radical (unpaired) electrons. The van der Waals surface area contributed by atoms with Crippen LogP contribution in [0.25, 0.3) is 0 Å². The first-order valence-corrected chi connectivity index (χ1v) is 6.38. The Morgan fingerprint density at radius 1 is 1.05 bits per heavy atom. The number of amides is 2. The highest BCUT2D eigenvalue weighted by Crippen LogP contribution is 2.34. The van der Waals surface area contributed by atoms with E-state index in [9.17, 15) is 9.59 Å². The van der Waals surface area contributed by atoms with Crippen molar-refractivity contribution in [2.24, 2.45) is 0 Å². The van der Waals surface area contributed by atoms with Crippen LogP contribution in [0.4, 0.5) is 11.4 Å². The highest BCUT2D eigenvalue weighted by atomic mass is 35.5. The predicted molar refractivity (Wildman–Crippen MR) is 78.2 cm³/mol. The lowest BCUT2D eigenvalue weighted by molar-refractivity contribution is 0.0926. The molecule has 0 spiro atoms. The number of benzene rings is 2. The van der Waals surface area contributed by atoms with Gasteiger partial charge in [-0.2, -0.15) is 5.26 Å². The van der Waals surface area contributed by atoms with E-state index in [4.69, 9.17) is 22.6 Å². The Hall–Kier alpha value is -2.84. The van der Waals surface area contributed by atoms with Crippen molar-refractivity contribution in [1.29, 1.82) is 5.26 Å². The highest BCUT2D eigenvalue weighted by Gasteiger charge is 2.37. The standard InChI is InChI=1S/C15H8ClN3O2/c16-12-5-8(7-17)1-4-13(12)19-14(20)10-3-2-9(18)6-11(10)15(19)21/h1-6H,18H2. The second-order valence-electron chi connectivity index (χ2n) is 4.53. The van der Waals surface area contributed by atoms with E-state index in [1.165, 1.54) is 30.3 Å². The largest absolute Gasteiger partial charge is 0.399 e. The lowest BCUT2D eigenvalue weighted by atomic mass is 10.1. The van der Waals surface area contributed by atoms with Crippen LogP contribution < -0.4 is 10.6 Å². The summed E-state index contributed by atoms with van der Waals surface area (Å²) in [5.74, 6) is -0.935. The maximum Gasteiger partial charge on any atom is 0.266 e. The Kier molecular flexibility index (Phi) is 2.89. The molecule has 5 nitrogen and oxygen atoms in total. The number of carbonyl (C=O) groups is 2. The summed E-state index contributed by atoms with van der Waals surface area (Å²) in [6.07, 6.45) is 0. The van der Waals surface area contributed by atoms with Crippen LogP contribution in [0.15, 0.2) is 36.4 Å². The van der Waals surface area contributed by atoms with Crippen molar-refractivity contribution >= 4 is 34.8 Å². The van der Waals surface area contributed by atoms with E-state index in [0.717, 1.165) is 4.90 Å². The number of hydrogen-bond acceptors (Lipinski definition) is 4. The zero-order chi connectivity index (χ0) is 15.1.